The maximum atomic E-state index is 13.5. The second kappa shape index (κ2) is 8.62. The molecule has 0 aliphatic heterocycles. The summed E-state index contributed by atoms with van der Waals surface area (Å²) in [6.07, 6.45) is 5.35. The van der Waals surface area contributed by atoms with E-state index in [9.17, 15) is 9.18 Å². The van der Waals surface area contributed by atoms with Crippen molar-refractivity contribution in [1.29, 1.82) is 0 Å². The normalized spacial score (nSPS) is 18.2. The lowest BCUT2D eigenvalue weighted by Crippen LogP contribution is -2.11. The highest BCUT2D eigenvalue weighted by atomic mass is 19.1. The second-order valence-electron chi connectivity index (χ2n) is 7.55. The molecule has 4 heteroatoms. The fourth-order valence-corrected chi connectivity index (χ4v) is 4.15. The van der Waals surface area contributed by atoms with Gasteiger partial charge in [-0.25, -0.2) is 9.37 Å². The van der Waals surface area contributed by atoms with Crippen LogP contribution in [0.3, 0.4) is 0 Å². The van der Waals surface area contributed by atoms with Crippen molar-refractivity contribution in [1.82, 2.24) is 4.98 Å². The number of hydrogen-bond donors (Lipinski definition) is 0. The highest BCUT2D eigenvalue weighted by Gasteiger charge is 2.34. The molecule has 0 fully saturated rings. The highest BCUT2D eigenvalue weighted by molar-refractivity contribution is 6.10. The van der Waals surface area contributed by atoms with E-state index in [1.807, 2.05) is 42.5 Å². The summed E-state index contributed by atoms with van der Waals surface area (Å²) in [5.41, 5.74) is 4.50. The van der Waals surface area contributed by atoms with Crippen LogP contribution in [0, 0.1) is 5.82 Å². The van der Waals surface area contributed by atoms with Crippen LogP contribution in [-0.2, 0) is 6.42 Å². The minimum Gasteiger partial charge on any atom is -0.481 e. The lowest BCUT2D eigenvalue weighted by atomic mass is 9.87. The number of methoxy groups -OCH3 is 1. The largest absolute Gasteiger partial charge is 0.481 e. The van der Waals surface area contributed by atoms with Crippen LogP contribution in [0.15, 0.2) is 78.5 Å². The molecule has 0 amide bonds. The van der Waals surface area contributed by atoms with E-state index in [1.54, 1.807) is 25.4 Å². The zero-order chi connectivity index (χ0) is 21.1. The summed E-state index contributed by atoms with van der Waals surface area (Å²) in [7, 11) is 1.59. The first-order valence-electron chi connectivity index (χ1n) is 10.2. The van der Waals surface area contributed by atoms with Gasteiger partial charge < -0.3 is 4.74 Å². The number of nitrogens with zero attached hydrogens (tertiary/aromatic N) is 1. The molecule has 4 rings (SSSR count). The maximum absolute atomic E-state index is 13.5. The standard InChI is InChI=1S/C26H24FNO2/c1-3-17-6-8-19(9-7-17)25(29)24-16-20(18-10-12-21(27)13-11-18)15-23(24)22-5-4-14-28-26(22)30-2/h4-14,16,20,23H,3,15H2,1-2H3. The molecule has 0 bridgehead atoms. The number of allylic oxidation sites excluding steroid dienone is 2. The molecule has 1 aliphatic carbocycles. The minimum absolute atomic E-state index is 0.0122. The number of ether oxygens (including phenoxy) is 1. The van der Waals surface area contributed by atoms with Gasteiger partial charge in [0.2, 0.25) is 5.88 Å². The molecule has 1 heterocycles. The molecule has 0 saturated heterocycles. The first-order chi connectivity index (χ1) is 14.6. The fourth-order valence-electron chi connectivity index (χ4n) is 4.15. The Hall–Kier alpha value is -3.27. The maximum Gasteiger partial charge on any atom is 0.216 e. The molecule has 0 N–H and O–H groups in total. The van der Waals surface area contributed by atoms with E-state index in [4.69, 9.17) is 4.74 Å². The summed E-state index contributed by atoms with van der Waals surface area (Å²) >= 11 is 0. The molecule has 0 radical (unpaired) electrons. The first-order valence-corrected chi connectivity index (χ1v) is 10.2. The third-order valence-corrected chi connectivity index (χ3v) is 5.80. The first kappa shape index (κ1) is 20.0. The Kier molecular flexibility index (Phi) is 5.75. The van der Waals surface area contributed by atoms with E-state index >= 15 is 0 Å². The van der Waals surface area contributed by atoms with Crippen LogP contribution >= 0.6 is 0 Å². The number of aromatic nitrogens is 1. The molecule has 2 aromatic carbocycles. The van der Waals surface area contributed by atoms with Gasteiger partial charge in [-0.15, -0.1) is 0 Å². The molecule has 0 saturated carbocycles. The topological polar surface area (TPSA) is 39.2 Å². The van der Waals surface area contributed by atoms with Crippen molar-refractivity contribution in [2.24, 2.45) is 0 Å². The van der Waals surface area contributed by atoms with E-state index in [0.717, 1.165) is 23.1 Å². The number of halogens is 1. The summed E-state index contributed by atoms with van der Waals surface area (Å²) in [4.78, 5) is 17.8. The Labute approximate surface area is 176 Å². The van der Waals surface area contributed by atoms with Crippen molar-refractivity contribution in [3.63, 3.8) is 0 Å². The monoisotopic (exact) mass is 401 g/mol. The molecule has 1 aliphatic rings. The number of benzene rings is 2. The Morgan fingerprint density at radius 2 is 1.83 bits per heavy atom. The summed E-state index contributed by atoms with van der Waals surface area (Å²) in [5.74, 6) is 0.162. The zero-order valence-corrected chi connectivity index (χ0v) is 17.1. The molecule has 2 unspecified atom stereocenters. The highest BCUT2D eigenvalue weighted by Crippen LogP contribution is 2.46. The SMILES string of the molecule is CCc1ccc(C(=O)C2=CC(c3ccc(F)cc3)CC2c2cccnc2OC)cc1. The molecule has 3 nitrogen and oxygen atoms in total. The molecule has 152 valence electrons. The van der Waals surface area contributed by atoms with Crippen molar-refractivity contribution in [2.45, 2.75) is 31.6 Å². The molecule has 3 aromatic rings. The van der Waals surface area contributed by atoms with Crippen molar-refractivity contribution in [3.05, 3.63) is 107 Å². The van der Waals surface area contributed by atoms with Crippen molar-refractivity contribution < 1.29 is 13.9 Å². The fraction of sp³-hybridized carbons (Fsp3) is 0.231. The van der Waals surface area contributed by atoms with Gasteiger partial charge in [0.25, 0.3) is 0 Å². The summed E-state index contributed by atoms with van der Waals surface area (Å²) in [5, 5.41) is 0. The van der Waals surface area contributed by atoms with Gasteiger partial charge in [-0.2, -0.15) is 0 Å². The van der Waals surface area contributed by atoms with Crippen LogP contribution in [0.2, 0.25) is 0 Å². The number of carbonyl (C=O) groups excluding carboxylic acids is 1. The Bertz CT molecular complexity index is 1070. The molecular formula is C26H24FNO2. The van der Waals surface area contributed by atoms with E-state index in [0.29, 0.717) is 17.9 Å². The molecular weight excluding hydrogens is 377 g/mol. The number of ketones is 1. The average Bonchev–Trinajstić information content (AvgIpc) is 3.24. The second-order valence-corrected chi connectivity index (χ2v) is 7.55. The summed E-state index contributed by atoms with van der Waals surface area (Å²) in [6.45, 7) is 2.09. The lowest BCUT2D eigenvalue weighted by Gasteiger charge is -2.18. The van der Waals surface area contributed by atoms with Crippen molar-refractivity contribution in [3.8, 4) is 5.88 Å². The number of rotatable bonds is 6. The van der Waals surface area contributed by atoms with E-state index < -0.39 is 0 Å². The minimum atomic E-state index is -0.265. The molecule has 2 atom stereocenters. The van der Waals surface area contributed by atoms with Gasteiger partial charge >= 0.3 is 0 Å². The van der Waals surface area contributed by atoms with Crippen LogP contribution in [-0.4, -0.2) is 17.9 Å². The summed E-state index contributed by atoms with van der Waals surface area (Å²) in [6, 6.07) is 18.1. The van der Waals surface area contributed by atoms with Gasteiger partial charge in [0.05, 0.1) is 7.11 Å². The van der Waals surface area contributed by atoms with Gasteiger partial charge in [-0.3, -0.25) is 4.79 Å². The molecule has 0 spiro atoms. The van der Waals surface area contributed by atoms with Crippen LogP contribution in [0.4, 0.5) is 4.39 Å². The zero-order valence-electron chi connectivity index (χ0n) is 17.1. The predicted octanol–water partition coefficient (Wildman–Crippen LogP) is 5.87. The Morgan fingerprint density at radius 1 is 1.10 bits per heavy atom. The number of pyridine rings is 1. The van der Waals surface area contributed by atoms with Crippen molar-refractivity contribution in [2.75, 3.05) is 7.11 Å². The predicted molar refractivity (Wildman–Crippen MR) is 116 cm³/mol. The van der Waals surface area contributed by atoms with E-state index in [1.165, 1.54) is 17.7 Å². The third-order valence-electron chi connectivity index (χ3n) is 5.80. The number of aryl methyl sites for hydroxylation is 1. The number of carbonyl (C=O) groups is 1. The Morgan fingerprint density at radius 3 is 2.50 bits per heavy atom. The van der Waals surface area contributed by atoms with Gasteiger partial charge in [-0.1, -0.05) is 55.5 Å². The van der Waals surface area contributed by atoms with Crippen LogP contribution in [0.5, 0.6) is 5.88 Å². The average molecular weight is 401 g/mol. The van der Waals surface area contributed by atoms with Gasteiger partial charge in [-0.05, 0) is 42.2 Å². The van der Waals surface area contributed by atoms with Gasteiger partial charge in [0.15, 0.2) is 5.78 Å². The summed E-state index contributed by atoms with van der Waals surface area (Å²) < 4.78 is 18.9. The van der Waals surface area contributed by atoms with E-state index in [2.05, 4.69) is 11.9 Å². The van der Waals surface area contributed by atoms with Crippen LogP contribution in [0.1, 0.15) is 52.2 Å². The van der Waals surface area contributed by atoms with Gasteiger partial charge in [0.1, 0.15) is 5.82 Å². The molecule has 1 aromatic heterocycles. The van der Waals surface area contributed by atoms with Crippen LogP contribution in [0.25, 0.3) is 0 Å². The van der Waals surface area contributed by atoms with Gasteiger partial charge in [0, 0.05) is 34.7 Å². The quantitative estimate of drug-likeness (QED) is 0.485. The van der Waals surface area contributed by atoms with Crippen LogP contribution < -0.4 is 4.74 Å². The Balaban J connectivity index is 1.75. The molecule has 30 heavy (non-hydrogen) atoms. The number of Topliss-reactive ketones (excluding diaryl/α,β-unsaturated/α-hetero) is 1. The lowest BCUT2D eigenvalue weighted by molar-refractivity contribution is 0.102. The van der Waals surface area contributed by atoms with Crippen molar-refractivity contribution >= 4 is 5.78 Å². The van der Waals surface area contributed by atoms with E-state index in [-0.39, 0.29) is 23.4 Å². The number of hydrogen-bond acceptors (Lipinski definition) is 3. The smallest absolute Gasteiger partial charge is 0.216 e. The third kappa shape index (κ3) is 3.90.